The fourth-order valence-electron chi connectivity index (χ4n) is 2.54. The normalized spacial score (nSPS) is 14.0. The number of nitrogens with two attached hydrogens (primary N) is 1. The molecule has 0 atom stereocenters. The molecule has 3 rings (SSSR count). The first-order valence-corrected chi connectivity index (χ1v) is 6.93. The molecule has 1 aliphatic carbocycles. The van der Waals surface area contributed by atoms with E-state index >= 15 is 0 Å². The van der Waals surface area contributed by atoms with Gasteiger partial charge in [-0.2, -0.15) is 0 Å². The molecule has 5 nitrogen and oxygen atoms in total. The predicted octanol–water partition coefficient (Wildman–Crippen LogP) is 2.77. The highest BCUT2D eigenvalue weighted by Crippen LogP contribution is 2.30. The fraction of sp³-hybridized carbons (Fsp3) is 0.250. The second-order valence-electron chi connectivity index (χ2n) is 5.15. The van der Waals surface area contributed by atoms with E-state index in [2.05, 4.69) is 10.1 Å². The lowest BCUT2D eigenvalue weighted by Crippen LogP contribution is -2.16. The molecule has 0 saturated carbocycles. The number of hydrogen-bond donors (Lipinski definition) is 2. The molecule has 0 unspecified atom stereocenters. The van der Waals surface area contributed by atoms with Crippen molar-refractivity contribution in [2.24, 2.45) is 10.9 Å². The average molecular weight is 283 g/mol. The molecule has 1 heterocycles. The minimum Gasteiger partial charge on any atom is -0.438 e. The van der Waals surface area contributed by atoms with Gasteiger partial charge in [-0.05, 0) is 49.4 Å². The largest absolute Gasteiger partial charge is 0.438 e. The van der Waals surface area contributed by atoms with E-state index in [0.717, 1.165) is 41.8 Å². The van der Waals surface area contributed by atoms with E-state index in [0.29, 0.717) is 11.4 Å². The van der Waals surface area contributed by atoms with Crippen molar-refractivity contribution in [2.45, 2.75) is 26.2 Å². The summed E-state index contributed by atoms with van der Waals surface area (Å²) in [7, 11) is 0. The van der Waals surface area contributed by atoms with E-state index in [1.807, 2.05) is 37.3 Å². The summed E-state index contributed by atoms with van der Waals surface area (Å²) < 4.78 is 5.91. The van der Waals surface area contributed by atoms with Crippen LogP contribution in [-0.2, 0) is 12.8 Å². The first kappa shape index (κ1) is 13.4. The van der Waals surface area contributed by atoms with Crippen molar-refractivity contribution in [1.82, 2.24) is 4.98 Å². The third-order valence-electron chi connectivity index (χ3n) is 3.70. The van der Waals surface area contributed by atoms with Crippen LogP contribution in [0.5, 0.6) is 11.6 Å². The Bertz CT molecular complexity index is 711. The Hall–Kier alpha value is -2.56. The number of ether oxygens (including phenoxy) is 1. The van der Waals surface area contributed by atoms with Crippen molar-refractivity contribution in [2.75, 3.05) is 0 Å². The van der Waals surface area contributed by atoms with Gasteiger partial charge in [-0.3, -0.25) is 0 Å². The minimum absolute atomic E-state index is 0.0146. The van der Waals surface area contributed by atoms with E-state index in [1.165, 1.54) is 0 Å². The van der Waals surface area contributed by atoms with Crippen LogP contribution in [0.4, 0.5) is 0 Å². The first-order chi connectivity index (χ1) is 10.2. The maximum atomic E-state index is 8.96. The molecule has 2 aromatic rings. The summed E-state index contributed by atoms with van der Waals surface area (Å²) in [4.78, 5) is 4.56. The number of aromatic nitrogens is 1. The number of hydrogen-bond acceptors (Lipinski definition) is 4. The maximum absolute atomic E-state index is 8.96. The molecule has 1 aromatic carbocycles. The van der Waals surface area contributed by atoms with Gasteiger partial charge >= 0.3 is 0 Å². The molecule has 21 heavy (non-hydrogen) atoms. The van der Waals surface area contributed by atoms with Gasteiger partial charge in [0.05, 0.1) is 5.56 Å². The minimum atomic E-state index is 0.0146. The zero-order valence-electron chi connectivity index (χ0n) is 11.8. The molecule has 0 saturated heterocycles. The molecular weight excluding hydrogens is 266 g/mol. The molecule has 0 bridgehead atoms. The van der Waals surface area contributed by atoms with Gasteiger partial charge in [-0.1, -0.05) is 23.4 Å². The van der Waals surface area contributed by atoms with Crippen molar-refractivity contribution in [3.63, 3.8) is 0 Å². The molecule has 0 fully saturated rings. The lowest BCUT2D eigenvalue weighted by Gasteiger charge is -2.13. The molecule has 0 aliphatic heterocycles. The van der Waals surface area contributed by atoms with E-state index in [4.69, 9.17) is 15.7 Å². The van der Waals surface area contributed by atoms with Crippen molar-refractivity contribution in [1.29, 1.82) is 0 Å². The summed E-state index contributed by atoms with van der Waals surface area (Å²) in [6.07, 6.45) is 2.99. The highest BCUT2D eigenvalue weighted by Gasteiger charge is 2.20. The smallest absolute Gasteiger partial charge is 0.230 e. The number of aryl methyl sites for hydroxylation is 3. The Morgan fingerprint density at radius 1 is 1.33 bits per heavy atom. The number of nitrogens with zero attached hydrogens (tertiary/aromatic N) is 2. The van der Waals surface area contributed by atoms with Gasteiger partial charge in [-0.15, -0.1) is 0 Å². The molecule has 1 aliphatic rings. The van der Waals surface area contributed by atoms with Crippen LogP contribution in [0.15, 0.2) is 35.5 Å². The van der Waals surface area contributed by atoms with Gasteiger partial charge in [0, 0.05) is 5.69 Å². The Morgan fingerprint density at radius 2 is 2.14 bits per heavy atom. The second kappa shape index (κ2) is 5.44. The first-order valence-electron chi connectivity index (χ1n) is 6.93. The Balaban J connectivity index is 2.06. The highest BCUT2D eigenvalue weighted by atomic mass is 16.5. The van der Waals surface area contributed by atoms with Crippen LogP contribution in [0.1, 0.15) is 28.8 Å². The zero-order chi connectivity index (χ0) is 14.8. The lowest BCUT2D eigenvalue weighted by atomic mass is 10.1. The molecule has 0 amide bonds. The van der Waals surface area contributed by atoms with Crippen LogP contribution < -0.4 is 10.5 Å². The molecular formula is C16H17N3O2. The Labute approximate surface area is 123 Å². The third-order valence-corrected chi connectivity index (χ3v) is 3.70. The van der Waals surface area contributed by atoms with Crippen LogP contribution in [-0.4, -0.2) is 16.0 Å². The van der Waals surface area contributed by atoms with E-state index in [1.54, 1.807) is 0 Å². The molecule has 0 spiro atoms. The highest BCUT2D eigenvalue weighted by molar-refractivity contribution is 5.99. The number of amidine groups is 1. The SMILES string of the molecule is Cc1ccccc1Oc1nc2c(cc1C(N)=NO)CCC2. The summed E-state index contributed by atoms with van der Waals surface area (Å²) in [5.41, 5.74) is 9.48. The number of rotatable bonds is 3. The standard InChI is InChI=1S/C16H17N3O2/c1-10-5-2-3-8-14(10)21-16-12(15(17)19-20)9-11-6-4-7-13(11)18-16/h2-3,5,8-9,20H,4,6-7H2,1H3,(H2,17,19). The Kier molecular flexibility index (Phi) is 3.48. The molecule has 1 aromatic heterocycles. The van der Waals surface area contributed by atoms with Crippen molar-refractivity contribution in [3.05, 3.63) is 52.7 Å². The van der Waals surface area contributed by atoms with E-state index in [9.17, 15) is 0 Å². The van der Waals surface area contributed by atoms with Gasteiger partial charge in [0.1, 0.15) is 5.75 Å². The fourth-order valence-corrected chi connectivity index (χ4v) is 2.54. The molecule has 0 radical (unpaired) electrons. The maximum Gasteiger partial charge on any atom is 0.230 e. The summed E-state index contributed by atoms with van der Waals surface area (Å²) in [5.74, 6) is 1.12. The van der Waals surface area contributed by atoms with Gasteiger partial charge in [0.15, 0.2) is 5.84 Å². The summed E-state index contributed by atoms with van der Waals surface area (Å²) in [5, 5.41) is 12.0. The van der Waals surface area contributed by atoms with Gasteiger partial charge < -0.3 is 15.7 Å². The molecule has 5 heteroatoms. The van der Waals surface area contributed by atoms with Gasteiger partial charge in [-0.25, -0.2) is 4.98 Å². The van der Waals surface area contributed by atoms with Crippen molar-refractivity contribution >= 4 is 5.84 Å². The van der Waals surface area contributed by atoms with Crippen molar-refractivity contribution in [3.8, 4) is 11.6 Å². The summed E-state index contributed by atoms with van der Waals surface area (Å²) in [6.45, 7) is 1.96. The zero-order valence-corrected chi connectivity index (χ0v) is 11.8. The molecule has 108 valence electrons. The van der Waals surface area contributed by atoms with Gasteiger partial charge in [0.25, 0.3) is 0 Å². The number of oxime groups is 1. The monoisotopic (exact) mass is 283 g/mol. The van der Waals surface area contributed by atoms with Crippen LogP contribution in [0, 0.1) is 6.92 Å². The lowest BCUT2D eigenvalue weighted by molar-refractivity contribution is 0.318. The quantitative estimate of drug-likeness (QED) is 0.393. The topological polar surface area (TPSA) is 80.7 Å². The van der Waals surface area contributed by atoms with Crippen LogP contribution in [0.3, 0.4) is 0 Å². The van der Waals surface area contributed by atoms with Crippen LogP contribution in [0.25, 0.3) is 0 Å². The van der Waals surface area contributed by atoms with E-state index in [-0.39, 0.29) is 5.84 Å². The average Bonchev–Trinajstić information content (AvgIpc) is 2.95. The van der Waals surface area contributed by atoms with Crippen LogP contribution >= 0.6 is 0 Å². The second-order valence-corrected chi connectivity index (χ2v) is 5.15. The third kappa shape index (κ3) is 2.54. The number of benzene rings is 1. The van der Waals surface area contributed by atoms with E-state index < -0.39 is 0 Å². The predicted molar refractivity (Wildman–Crippen MR) is 80.0 cm³/mol. The van der Waals surface area contributed by atoms with Gasteiger partial charge in [0.2, 0.25) is 5.88 Å². The summed E-state index contributed by atoms with van der Waals surface area (Å²) >= 11 is 0. The number of para-hydroxylation sites is 1. The Morgan fingerprint density at radius 3 is 2.90 bits per heavy atom. The molecule has 3 N–H and O–H groups in total. The van der Waals surface area contributed by atoms with Crippen LogP contribution in [0.2, 0.25) is 0 Å². The summed E-state index contributed by atoms with van der Waals surface area (Å²) in [6, 6.07) is 9.60. The number of fused-ring (bicyclic) bond motifs is 1. The number of pyridine rings is 1. The van der Waals surface area contributed by atoms with Crippen molar-refractivity contribution < 1.29 is 9.94 Å².